The average Bonchev–Trinajstić information content (AvgIpc) is 2.97. The van der Waals surface area contributed by atoms with E-state index in [0.29, 0.717) is 22.7 Å². The molecule has 4 saturated carbocycles. The fourth-order valence-electron chi connectivity index (χ4n) is 8.76. The summed E-state index contributed by atoms with van der Waals surface area (Å²) in [7, 11) is 0. The van der Waals surface area contributed by atoms with Crippen LogP contribution in [0.1, 0.15) is 91.4 Å². The molecule has 0 saturated heterocycles. The summed E-state index contributed by atoms with van der Waals surface area (Å²) in [6.45, 7) is 7.38. The maximum Gasteiger partial charge on any atom is 1.00 e. The summed E-state index contributed by atoms with van der Waals surface area (Å²) < 4.78 is 0. The predicted octanol–water partition coefficient (Wildman–Crippen LogP) is 1.18. The van der Waals surface area contributed by atoms with Crippen molar-refractivity contribution < 1.29 is 33.9 Å². The summed E-state index contributed by atoms with van der Waals surface area (Å²) >= 11 is 0. The molecule has 0 heterocycles. The quantitative estimate of drug-likeness (QED) is 0.743. The van der Waals surface area contributed by atoms with Crippen LogP contribution in [0.25, 0.3) is 0 Å². The fourth-order valence-corrected chi connectivity index (χ4v) is 8.76. The molecule has 4 fully saturated rings. The topological polar surface area (TPSA) is 60.4 Å². The molecule has 28 heavy (non-hydrogen) atoms. The molecule has 4 aliphatic carbocycles. The van der Waals surface area contributed by atoms with Crippen molar-refractivity contribution in [2.75, 3.05) is 0 Å². The van der Waals surface area contributed by atoms with Crippen molar-refractivity contribution in [1.29, 1.82) is 0 Å². The van der Waals surface area contributed by atoms with E-state index in [1.165, 1.54) is 44.9 Å². The number of fused-ring (bicyclic) bond motifs is 5. The fraction of sp³-hybridized carbons (Fsp3) is 0.958. The van der Waals surface area contributed by atoms with Crippen LogP contribution in [0.2, 0.25) is 0 Å². The molecule has 4 unspecified atom stereocenters. The van der Waals surface area contributed by atoms with E-state index in [1.807, 2.05) is 0 Å². The van der Waals surface area contributed by atoms with Crippen LogP contribution in [-0.2, 0) is 4.79 Å². The van der Waals surface area contributed by atoms with Gasteiger partial charge in [-0.2, -0.15) is 0 Å². The Balaban J connectivity index is 0.00000225. The van der Waals surface area contributed by atoms with Gasteiger partial charge in [0.05, 0.1) is 6.10 Å². The normalized spacial score (nSPS) is 48.6. The smallest absolute Gasteiger partial charge is 0.550 e. The number of carbonyl (C=O) groups excluding carboxylic acids is 1. The summed E-state index contributed by atoms with van der Waals surface area (Å²) in [5.41, 5.74) is 0.853. The van der Waals surface area contributed by atoms with Gasteiger partial charge in [0, 0.05) is 5.97 Å². The molecule has 1 N–H and O–H groups in total. The number of carboxylic acids is 1. The van der Waals surface area contributed by atoms with E-state index in [2.05, 4.69) is 20.8 Å². The number of aliphatic carboxylic acids is 1. The van der Waals surface area contributed by atoms with Gasteiger partial charge >= 0.3 is 18.9 Å². The molecule has 0 spiro atoms. The molecule has 0 radical (unpaired) electrons. The second kappa shape index (κ2) is 8.28. The zero-order chi connectivity index (χ0) is 19.4. The minimum absolute atomic E-state index is 0. The van der Waals surface area contributed by atoms with Crippen LogP contribution in [-0.4, -0.2) is 17.2 Å². The van der Waals surface area contributed by atoms with E-state index < -0.39 is 5.97 Å². The summed E-state index contributed by atoms with van der Waals surface area (Å²) in [5.74, 6) is 3.55. The Kier molecular flexibility index (Phi) is 6.71. The molecule has 3 nitrogen and oxygen atoms in total. The number of carboxylic acid groups (broad SMARTS) is 1. The second-order valence-electron chi connectivity index (χ2n) is 11.2. The standard InChI is InChI=1S/C24H40O3.Li/c1-15(4-9-22(26)27)19-7-8-20-18-6-5-16-14-17(25)10-12-23(16,2)21(18)11-13-24(19,20)3;/h15-21,25H,4-14H2,1-3H3,(H,26,27);/q;+1/p-1/t15-,16?,17-,18?,19-,20?,21?,23+,24-;/m1./s1. The number of hydrogen-bond acceptors (Lipinski definition) is 3. The van der Waals surface area contributed by atoms with Gasteiger partial charge in [-0.15, -0.1) is 0 Å². The van der Waals surface area contributed by atoms with E-state index >= 15 is 0 Å². The molecule has 4 heteroatoms. The average molecular weight is 383 g/mol. The van der Waals surface area contributed by atoms with Crippen molar-refractivity contribution >= 4 is 5.97 Å². The van der Waals surface area contributed by atoms with Gasteiger partial charge in [0.1, 0.15) is 0 Å². The predicted molar refractivity (Wildman–Crippen MR) is 105 cm³/mol. The third-order valence-electron chi connectivity index (χ3n) is 10.2. The van der Waals surface area contributed by atoms with Crippen LogP contribution in [0.15, 0.2) is 0 Å². The van der Waals surface area contributed by atoms with E-state index in [9.17, 15) is 15.0 Å². The van der Waals surface area contributed by atoms with E-state index in [4.69, 9.17) is 0 Å². The van der Waals surface area contributed by atoms with Gasteiger partial charge in [0.2, 0.25) is 0 Å². The molecular formula is C24H39LiO3. The van der Waals surface area contributed by atoms with Crippen molar-refractivity contribution in [2.24, 2.45) is 46.3 Å². The second-order valence-corrected chi connectivity index (χ2v) is 11.2. The molecule has 0 aromatic heterocycles. The van der Waals surface area contributed by atoms with Crippen LogP contribution >= 0.6 is 0 Å². The third-order valence-corrected chi connectivity index (χ3v) is 10.2. The van der Waals surface area contributed by atoms with E-state index in [0.717, 1.165) is 42.9 Å². The molecular weight excluding hydrogens is 343 g/mol. The van der Waals surface area contributed by atoms with Gasteiger partial charge in [-0.25, -0.2) is 0 Å². The minimum Gasteiger partial charge on any atom is -0.550 e. The molecule has 0 aromatic carbocycles. The minimum atomic E-state index is -0.893. The first-order chi connectivity index (χ1) is 12.8. The monoisotopic (exact) mass is 382 g/mol. The maximum atomic E-state index is 10.9. The van der Waals surface area contributed by atoms with Crippen molar-refractivity contribution in [3.05, 3.63) is 0 Å². The zero-order valence-electron chi connectivity index (χ0n) is 18.6. The Morgan fingerprint density at radius 3 is 2.43 bits per heavy atom. The largest absolute Gasteiger partial charge is 1.00 e. The Morgan fingerprint density at radius 1 is 1.04 bits per heavy atom. The molecule has 0 amide bonds. The van der Waals surface area contributed by atoms with Crippen molar-refractivity contribution in [3.63, 3.8) is 0 Å². The van der Waals surface area contributed by atoms with Crippen LogP contribution in [0.4, 0.5) is 0 Å². The molecule has 0 aliphatic heterocycles. The Bertz CT molecular complexity index is 580. The summed E-state index contributed by atoms with van der Waals surface area (Å²) in [5, 5.41) is 21.1. The van der Waals surface area contributed by atoms with E-state index in [-0.39, 0.29) is 31.4 Å². The van der Waals surface area contributed by atoms with Crippen molar-refractivity contribution in [2.45, 2.75) is 97.5 Å². The first-order valence-electron chi connectivity index (χ1n) is 11.6. The molecule has 4 aliphatic rings. The van der Waals surface area contributed by atoms with E-state index in [1.54, 1.807) is 0 Å². The maximum absolute atomic E-state index is 10.9. The van der Waals surface area contributed by atoms with Gasteiger partial charge in [0.25, 0.3) is 0 Å². The van der Waals surface area contributed by atoms with Crippen LogP contribution in [0.3, 0.4) is 0 Å². The summed E-state index contributed by atoms with van der Waals surface area (Å²) in [6.07, 6.45) is 12.2. The number of aliphatic hydroxyl groups is 1. The Hall–Kier alpha value is 0.0274. The van der Waals surface area contributed by atoms with Crippen molar-refractivity contribution in [1.82, 2.24) is 0 Å². The number of rotatable bonds is 4. The van der Waals surface area contributed by atoms with Crippen LogP contribution in [0, 0.1) is 46.3 Å². The van der Waals surface area contributed by atoms with Gasteiger partial charge in [-0.05, 0) is 117 Å². The van der Waals surface area contributed by atoms with Crippen molar-refractivity contribution in [3.8, 4) is 0 Å². The molecule has 0 aromatic rings. The molecule has 9 atom stereocenters. The zero-order valence-corrected chi connectivity index (χ0v) is 18.6. The summed E-state index contributed by atoms with van der Waals surface area (Å²) in [6, 6.07) is 0. The van der Waals surface area contributed by atoms with Gasteiger partial charge in [-0.3, -0.25) is 0 Å². The van der Waals surface area contributed by atoms with Gasteiger partial charge < -0.3 is 15.0 Å². The SMILES string of the molecule is C[C@H](CCC(=O)[O-])[C@H]1CCC2C3CCC4C[C@H](O)CC[C@]4(C)C3CC[C@@]21C.[Li+]. The first-order valence-corrected chi connectivity index (χ1v) is 11.6. The van der Waals surface area contributed by atoms with Gasteiger partial charge in [-0.1, -0.05) is 20.8 Å². The Morgan fingerprint density at radius 2 is 1.71 bits per heavy atom. The number of aliphatic hydroxyl groups excluding tert-OH is 1. The Labute approximate surface area is 183 Å². The molecule has 0 bridgehead atoms. The van der Waals surface area contributed by atoms with Crippen LogP contribution < -0.4 is 24.0 Å². The van der Waals surface area contributed by atoms with Crippen LogP contribution in [0.5, 0.6) is 0 Å². The molecule has 4 rings (SSSR count). The third kappa shape index (κ3) is 3.63. The first kappa shape index (κ1) is 22.7. The molecule has 154 valence electrons. The van der Waals surface area contributed by atoms with Gasteiger partial charge in [0.15, 0.2) is 0 Å². The summed E-state index contributed by atoms with van der Waals surface area (Å²) in [4.78, 5) is 10.9. The number of hydrogen-bond donors (Lipinski definition) is 1. The number of carbonyl (C=O) groups is 1.